The van der Waals surface area contributed by atoms with Gasteiger partial charge in [0.05, 0.1) is 17.2 Å². The van der Waals surface area contributed by atoms with Gasteiger partial charge in [0.1, 0.15) is 11.9 Å². The van der Waals surface area contributed by atoms with Gasteiger partial charge >= 0.3 is 0 Å². The number of thiazole rings is 1. The van der Waals surface area contributed by atoms with Gasteiger partial charge in [-0.05, 0) is 25.5 Å². The van der Waals surface area contributed by atoms with E-state index < -0.39 is 0 Å². The van der Waals surface area contributed by atoms with Gasteiger partial charge in [-0.15, -0.1) is 35.3 Å². The molecule has 0 radical (unpaired) electrons. The molecule has 136 valence electrons. The maximum absolute atomic E-state index is 5.94. The Morgan fingerprint density at radius 3 is 2.80 bits per heavy atom. The summed E-state index contributed by atoms with van der Waals surface area (Å²) in [4.78, 5) is 10.1. The molecule has 0 amide bonds. The number of nitrogens with zero attached hydrogens (tertiary/aromatic N) is 2. The Morgan fingerprint density at radius 2 is 2.12 bits per heavy atom. The van der Waals surface area contributed by atoms with Gasteiger partial charge in [-0.3, -0.25) is 4.99 Å². The maximum Gasteiger partial charge on any atom is 0.191 e. The molecule has 0 fully saturated rings. The highest BCUT2D eigenvalue weighted by molar-refractivity contribution is 14.0. The highest BCUT2D eigenvalue weighted by Crippen LogP contribution is 2.27. The Kier molecular flexibility index (Phi) is 7.49. The molecule has 1 atom stereocenters. The average molecular weight is 472 g/mol. The van der Waals surface area contributed by atoms with Crippen molar-refractivity contribution in [2.24, 2.45) is 4.99 Å². The topological polar surface area (TPSA) is 58.5 Å². The quantitative estimate of drug-likeness (QED) is 0.399. The first kappa shape index (κ1) is 20.0. The van der Waals surface area contributed by atoms with Crippen molar-refractivity contribution in [1.82, 2.24) is 15.6 Å². The van der Waals surface area contributed by atoms with E-state index in [9.17, 15) is 0 Å². The van der Waals surface area contributed by atoms with Gasteiger partial charge in [-0.1, -0.05) is 18.2 Å². The van der Waals surface area contributed by atoms with Crippen molar-refractivity contribution in [2.75, 3.05) is 20.1 Å². The molecule has 0 bridgehead atoms. The number of nitrogens with one attached hydrogen (secondary N) is 2. The highest BCUT2D eigenvalue weighted by atomic mass is 127. The van der Waals surface area contributed by atoms with Gasteiger partial charge in [-0.25, -0.2) is 4.98 Å². The summed E-state index contributed by atoms with van der Waals surface area (Å²) in [6, 6.07) is 8.23. The molecule has 5 nitrogen and oxygen atoms in total. The molecule has 2 N–H and O–H groups in total. The molecule has 2 aromatic rings. The summed E-state index contributed by atoms with van der Waals surface area (Å²) in [6.07, 6.45) is 2.07. The zero-order valence-corrected chi connectivity index (χ0v) is 18.0. The fourth-order valence-electron chi connectivity index (χ4n) is 2.90. The molecular formula is C18H25IN4OS. The second kappa shape index (κ2) is 9.38. The largest absolute Gasteiger partial charge is 0.488 e. The average Bonchev–Trinajstić information content (AvgIpc) is 3.13. The third kappa shape index (κ3) is 5.31. The zero-order valence-electron chi connectivity index (χ0n) is 14.8. The number of aromatic nitrogens is 1. The molecule has 0 aliphatic carbocycles. The van der Waals surface area contributed by atoms with Crippen LogP contribution in [0, 0.1) is 13.8 Å². The van der Waals surface area contributed by atoms with Crippen LogP contribution in [-0.2, 0) is 12.8 Å². The summed E-state index contributed by atoms with van der Waals surface area (Å²) >= 11 is 1.77. The highest BCUT2D eigenvalue weighted by Gasteiger charge is 2.22. The van der Waals surface area contributed by atoms with Crippen molar-refractivity contribution in [2.45, 2.75) is 32.8 Å². The van der Waals surface area contributed by atoms with Crippen molar-refractivity contribution in [3.05, 3.63) is 45.4 Å². The molecule has 3 rings (SSSR count). The molecule has 0 spiro atoms. The van der Waals surface area contributed by atoms with Crippen LogP contribution >= 0.6 is 35.3 Å². The Bertz CT molecular complexity index is 707. The number of ether oxygens (including phenoxy) is 1. The SMILES string of the molecule is CN=C(NCCc1sc(C)nc1C)NCC1Cc2ccccc2O1.I. The molecule has 1 aromatic carbocycles. The van der Waals surface area contributed by atoms with E-state index in [0.717, 1.165) is 48.3 Å². The number of aryl methyl sites for hydroxylation is 2. The zero-order chi connectivity index (χ0) is 16.9. The summed E-state index contributed by atoms with van der Waals surface area (Å²) in [7, 11) is 1.79. The van der Waals surface area contributed by atoms with Crippen LogP contribution in [0.3, 0.4) is 0 Å². The summed E-state index contributed by atoms with van der Waals surface area (Å²) in [5.41, 5.74) is 2.42. The summed E-state index contributed by atoms with van der Waals surface area (Å²) in [5.74, 6) is 1.82. The monoisotopic (exact) mass is 472 g/mol. The smallest absolute Gasteiger partial charge is 0.191 e. The van der Waals surface area contributed by atoms with E-state index in [1.54, 1.807) is 18.4 Å². The molecule has 1 aromatic heterocycles. The molecule has 1 unspecified atom stereocenters. The Balaban J connectivity index is 0.00000225. The van der Waals surface area contributed by atoms with Gasteiger partial charge in [0.15, 0.2) is 5.96 Å². The molecule has 1 aliphatic heterocycles. The second-order valence-corrected chi connectivity index (χ2v) is 7.21. The normalized spacial score (nSPS) is 16.0. The predicted octanol–water partition coefficient (Wildman–Crippen LogP) is 3.09. The first-order valence-corrected chi connectivity index (χ1v) is 9.09. The number of fused-ring (bicyclic) bond motifs is 1. The van der Waals surface area contributed by atoms with E-state index in [0.29, 0.717) is 0 Å². The van der Waals surface area contributed by atoms with Crippen LogP contribution in [0.2, 0.25) is 0 Å². The van der Waals surface area contributed by atoms with E-state index in [1.165, 1.54) is 10.4 Å². The van der Waals surface area contributed by atoms with Crippen LogP contribution in [-0.4, -0.2) is 37.2 Å². The summed E-state index contributed by atoms with van der Waals surface area (Å²) in [6.45, 7) is 5.71. The number of rotatable bonds is 5. The molecule has 0 saturated carbocycles. The molecule has 25 heavy (non-hydrogen) atoms. The van der Waals surface area contributed by atoms with Crippen LogP contribution in [0.5, 0.6) is 5.75 Å². The van der Waals surface area contributed by atoms with Crippen LogP contribution in [0.1, 0.15) is 21.1 Å². The molecule has 7 heteroatoms. The standard InChI is InChI=1S/C18H24N4OS.HI/c1-12-17(24-13(2)22-12)8-9-20-18(19-3)21-11-15-10-14-6-4-5-7-16(14)23-15;/h4-7,15H,8-11H2,1-3H3,(H2,19,20,21);1H. The first-order chi connectivity index (χ1) is 11.7. The van der Waals surface area contributed by atoms with Crippen molar-refractivity contribution in [3.8, 4) is 5.75 Å². The minimum Gasteiger partial charge on any atom is -0.488 e. The van der Waals surface area contributed by atoms with Crippen molar-refractivity contribution in [3.63, 3.8) is 0 Å². The number of guanidine groups is 1. The van der Waals surface area contributed by atoms with Crippen LogP contribution in [0.15, 0.2) is 29.3 Å². The molecule has 2 heterocycles. The van der Waals surface area contributed by atoms with E-state index in [2.05, 4.69) is 46.6 Å². The van der Waals surface area contributed by atoms with Gasteiger partial charge < -0.3 is 15.4 Å². The number of hydrogen-bond donors (Lipinski definition) is 2. The van der Waals surface area contributed by atoms with E-state index in [-0.39, 0.29) is 30.1 Å². The predicted molar refractivity (Wildman–Crippen MR) is 115 cm³/mol. The Morgan fingerprint density at radius 1 is 1.32 bits per heavy atom. The lowest BCUT2D eigenvalue weighted by atomic mass is 10.1. The number of hydrogen-bond acceptors (Lipinski definition) is 4. The van der Waals surface area contributed by atoms with Crippen molar-refractivity contribution in [1.29, 1.82) is 0 Å². The Labute approximate surface area is 170 Å². The molecule has 1 aliphatic rings. The lowest BCUT2D eigenvalue weighted by Crippen LogP contribution is -2.42. The number of halogens is 1. The van der Waals surface area contributed by atoms with E-state index >= 15 is 0 Å². The minimum atomic E-state index is 0. The van der Waals surface area contributed by atoms with Gasteiger partial charge in [0, 0.05) is 31.3 Å². The van der Waals surface area contributed by atoms with Crippen molar-refractivity contribution < 1.29 is 4.74 Å². The first-order valence-electron chi connectivity index (χ1n) is 8.27. The van der Waals surface area contributed by atoms with Crippen LogP contribution in [0.25, 0.3) is 0 Å². The van der Waals surface area contributed by atoms with Crippen LogP contribution < -0.4 is 15.4 Å². The molecule has 0 saturated heterocycles. The van der Waals surface area contributed by atoms with Gasteiger partial charge in [-0.2, -0.15) is 0 Å². The summed E-state index contributed by atoms with van der Waals surface area (Å²) < 4.78 is 5.94. The van der Waals surface area contributed by atoms with E-state index in [4.69, 9.17) is 4.74 Å². The van der Waals surface area contributed by atoms with Gasteiger partial charge in [0.2, 0.25) is 0 Å². The third-order valence-corrected chi connectivity index (χ3v) is 5.21. The minimum absolute atomic E-state index is 0. The van der Waals surface area contributed by atoms with Crippen LogP contribution in [0.4, 0.5) is 0 Å². The molecular weight excluding hydrogens is 447 g/mol. The van der Waals surface area contributed by atoms with E-state index in [1.807, 2.05) is 12.1 Å². The summed E-state index contributed by atoms with van der Waals surface area (Å²) in [5, 5.41) is 7.84. The fraction of sp³-hybridized carbons (Fsp3) is 0.444. The van der Waals surface area contributed by atoms with Crippen molar-refractivity contribution >= 4 is 41.3 Å². The maximum atomic E-state index is 5.94. The number of benzene rings is 1. The van der Waals surface area contributed by atoms with Gasteiger partial charge in [0.25, 0.3) is 0 Å². The lowest BCUT2D eigenvalue weighted by molar-refractivity contribution is 0.235. The fourth-order valence-corrected chi connectivity index (χ4v) is 3.84. The third-order valence-electron chi connectivity index (χ3n) is 4.08. The number of para-hydroxylation sites is 1. The second-order valence-electron chi connectivity index (χ2n) is 5.92. The lowest BCUT2D eigenvalue weighted by Gasteiger charge is -2.15. The number of aliphatic imine (C=N–C) groups is 1. The Hall–Kier alpha value is -1.35.